The standard InChI is InChI=1S/C15H17ClN2O2/c1-19-14-8-13(15(20-2)7-12(14)16)18-9-10-4-3-5-11(17)6-10/h3-8,18H,9,17H2,1-2H3. The quantitative estimate of drug-likeness (QED) is 0.828. The van der Waals surface area contributed by atoms with Crippen LogP contribution >= 0.6 is 11.6 Å². The van der Waals surface area contributed by atoms with Crippen molar-refractivity contribution in [3.05, 3.63) is 47.0 Å². The van der Waals surface area contributed by atoms with Gasteiger partial charge in [-0.3, -0.25) is 0 Å². The first-order valence-electron chi connectivity index (χ1n) is 6.14. The number of nitrogens with two attached hydrogens (primary N) is 1. The molecule has 0 aliphatic carbocycles. The minimum atomic E-state index is 0.513. The van der Waals surface area contributed by atoms with Crippen molar-refractivity contribution in [3.8, 4) is 11.5 Å². The molecule has 0 aromatic heterocycles. The van der Waals surface area contributed by atoms with Gasteiger partial charge in [0, 0.05) is 24.4 Å². The second-order valence-electron chi connectivity index (χ2n) is 4.29. The van der Waals surface area contributed by atoms with Gasteiger partial charge in [-0.15, -0.1) is 0 Å². The molecule has 0 fully saturated rings. The molecule has 0 spiro atoms. The van der Waals surface area contributed by atoms with Crippen LogP contribution in [0, 0.1) is 0 Å². The smallest absolute Gasteiger partial charge is 0.143 e. The first kappa shape index (κ1) is 14.3. The van der Waals surface area contributed by atoms with Crippen LogP contribution in [0.25, 0.3) is 0 Å². The van der Waals surface area contributed by atoms with Crippen molar-refractivity contribution in [2.24, 2.45) is 0 Å². The highest BCUT2D eigenvalue weighted by Crippen LogP contribution is 2.36. The molecule has 3 N–H and O–H groups in total. The van der Waals surface area contributed by atoms with Crippen molar-refractivity contribution in [1.82, 2.24) is 0 Å². The van der Waals surface area contributed by atoms with Crippen molar-refractivity contribution in [2.75, 3.05) is 25.3 Å². The molecule has 0 unspecified atom stereocenters. The molecule has 2 aromatic rings. The number of ether oxygens (including phenoxy) is 2. The van der Waals surface area contributed by atoms with Gasteiger partial charge in [-0.05, 0) is 17.7 Å². The Bertz CT molecular complexity index is 602. The highest BCUT2D eigenvalue weighted by molar-refractivity contribution is 6.32. The molecule has 106 valence electrons. The number of nitrogens with one attached hydrogen (secondary N) is 1. The van der Waals surface area contributed by atoms with E-state index in [1.165, 1.54) is 0 Å². The zero-order chi connectivity index (χ0) is 14.5. The average molecular weight is 293 g/mol. The first-order valence-corrected chi connectivity index (χ1v) is 6.51. The molecule has 5 heteroatoms. The largest absolute Gasteiger partial charge is 0.495 e. The van der Waals surface area contributed by atoms with E-state index in [1.807, 2.05) is 30.3 Å². The maximum absolute atomic E-state index is 6.07. The van der Waals surface area contributed by atoms with E-state index in [-0.39, 0.29) is 0 Å². The molecule has 4 nitrogen and oxygen atoms in total. The van der Waals surface area contributed by atoms with Crippen LogP contribution in [0.1, 0.15) is 5.56 Å². The summed E-state index contributed by atoms with van der Waals surface area (Å²) in [7, 11) is 3.18. The molecule has 0 saturated heterocycles. The fourth-order valence-corrected chi connectivity index (χ4v) is 2.13. The summed E-state index contributed by atoms with van der Waals surface area (Å²) in [6, 6.07) is 11.2. The predicted octanol–water partition coefficient (Wildman–Crippen LogP) is 3.55. The van der Waals surface area contributed by atoms with Crippen LogP contribution < -0.4 is 20.5 Å². The van der Waals surface area contributed by atoms with Crippen LogP contribution in [0.2, 0.25) is 5.02 Å². The molecule has 0 saturated carbocycles. The predicted molar refractivity (Wildman–Crippen MR) is 82.7 cm³/mol. The lowest BCUT2D eigenvalue weighted by Gasteiger charge is -2.14. The number of hydrogen-bond donors (Lipinski definition) is 2. The van der Waals surface area contributed by atoms with Gasteiger partial charge < -0.3 is 20.5 Å². The van der Waals surface area contributed by atoms with Gasteiger partial charge in [0.15, 0.2) is 0 Å². The lowest BCUT2D eigenvalue weighted by Crippen LogP contribution is -2.02. The summed E-state index contributed by atoms with van der Waals surface area (Å²) in [4.78, 5) is 0. The maximum atomic E-state index is 6.07. The van der Waals surface area contributed by atoms with Crippen LogP contribution in [0.4, 0.5) is 11.4 Å². The Balaban J connectivity index is 2.20. The molecule has 0 atom stereocenters. The number of benzene rings is 2. The zero-order valence-electron chi connectivity index (χ0n) is 11.4. The number of methoxy groups -OCH3 is 2. The van der Waals surface area contributed by atoms with Gasteiger partial charge in [0.25, 0.3) is 0 Å². The van der Waals surface area contributed by atoms with Gasteiger partial charge in [0.2, 0.25) is 0 Å². The van der Waals surface area contributed by atoms with E-state index < -0.39 is 0 Å². The van der Waals surface area contributed by atoms with Crippen molar-refractivity contribution in [1.29, 1.82) is 0 Å². The summed E-state index contributed by atoms with van der Waals surface area (Å²) >= 11 is 6.07. The fraction of sp³-hybridized carbons (Fsp3) is 0.200. The third-order valence-electron chi connectivity index (χ3n) is 2.91. The Morgan fingerprint density at radius 3 is 2.50 bits per heavy atom. The SMILES string of the molecule is COc1cc(NCc2cccc(N)c2)c(OC)cc1Cl. The molecular weight excluding hydrogens is 276 g/mol. The second kappa shape index (κ2) is 6.39. The highest BCUT2D eigenvalue weighted by atomic mass is 35.5. The molecule has 0 bridgehead atoms. The minimum absolute atomic E-state index is 0.513. The summed E-state index contributed by atoms with van der Waals surface area (Å²) in [5.74, 6) is 1.27. The highest BCUT2D eigenvalue weighted by Gasteiger charge is 2.09. The third-order valence-corrected chi connectivity index (χ3v) is 3.20. The zero-order valence-corrected chi connectivity index (χ0v) is 12.2. The molecule has 0 heterocycles. The Morgan fingerprint density at radius 2 is 1.85 bits per heavy atom. The van der Waals surface area contributed by atoms with Gasteiger partial charge in [-0.1, -0.05) is 23.7 Å². The summed E-state index contributed by atoms with van der Waals surface area (Å²) in [5, 5.41) is 3.80. The van der Waals surface area contributed by atoms with E-state index in [1.54, 1.807) is 20.3 Å². The lowest BCUT2D eigenvalue weighted by atomic mass is 10.2. The molecule has 0 radical (unpaired) electrons. The number of anilines is 2. The summed E-state index contributed by atoms with van der Waals surface area (Å²) < 4.78 is 10.5. The number of rotatable bonds is 5. The van der Waals surface area contributed by atoms with E-state index in [4.69, 9.17) is 26.8 Å². The Kier molecular flexibility index (Phi) is 4.58. The molecule has 0 amide bonds. The summed E-state index contributed by atoms with van der Waals surface area (Å²) in [6.45, 7) is 0.631. The molecule has 0 aliphatic rings. The van der Waals surface area contributed by atoms with Crippen LogP contribution in [-0.2, 0) is 6.54 Å². The number of halogens is 1. The fourth-order valence-electron chi connectivity index (χ4n) is 1.90. The number of nitrogen functional groups attached to an aromatic ring is 1. The molecule has 2 rings (SSSR count). The average Bonchev–Trinajstić information content (AvgIpc) is 2.45. The van der Waals surface area contributed by atoms with Crippen LogP contribution in [-0.4, -0.2) is 14.2 Å². The van der Waals surface area contributed by atoms with E-state index in [9.17, 15) is 0 Å². The molecule has 20 heavy (non-hydrogen) atoms. The van der Waals surface area contributed by atoms with E-state index in [0.717, 1.165) is 16.9 Å². The molecule has 2 aromatic carbocycles. The topological polar surface area (TPSA) is 56.5 Å². The maximum Gasteiger partial charge on any atom is 0.143 e. The second-order valence-corrected chi connectivity index (χ2v) is 4.69. The summed E-state index contributed by atoms with van der Waals surface area (Å²) in [6.07, 6.45) is 0. The van der Waals surface area contributed by atoms with Crippen molar-refractivity contribution >= 4 is 23.0 Å². The Labute approximate surface area is 123 Å². The van der Waals surface area contributed by atoms with Gasteiger partial charge in [0.05, 0.1) is 24.9 Å². The Hall–Kier alpha value is -2.07. The van der Waals surface area contributed by atoms with Gasteiger partial charge in [-0.2, -0.15) is 0 Å². The van der Waals surface area contributed by atoms with Gasteiger partial charge in [-0.25, -0.2) is 0 Å². The van der Waals surface area contributed by atoms with Gasteiger partial charge in [0.1, 0.15) is 11.5 Å². The van der Waals surface area contributed by atoms with E-state index in [0.29, 0.717) is 23.1 Å². The van der Waals surface area contributed by atoms with Gasteiger partial charge >= 0.3 is 0 Å². The lowest BCUT2D eigenvalue weighted by molar-refractivity contribution is 0.404. The van der Waals surface area contributed by atoms with Crippen molar-refractivity contribution in [3.63, 3.8) is 0 Å². The van der Waals surface area contributed by atoms with Crippen molar-refractivity contribution < 1.29 is 9.47 Å². The molecule has 0 aliphatic heterocycles. The third kappa shape index (κ3) is 3.27. The monoisotopic (exact) mass is 292 g/mol. The van der Waals surface area contributed by atoms with Crippen LogP contribution in [0.15, 0.2) is 36.4 Å². The van der Waals surface area contributed by atoms with Crippen LogP contribution in [0.5, 0.6) is 11.5 Å². The molecular formula is C15H17ClN2O2. The minimum Gasteiger partial charge on any atom is -0.495 e. The Morgan fingerprint density at radius 1 is 1.10 bits per heavy atom. The van der Waals surface area contributed by atoms with Crippen LogP contribution in [0.3, 0.4) is 0 Å². The van der Waals surface area contributed by atoms with E-state index in [2.05, 4.69) is 5.32 Å². The summed E-state index contributed by atoms with van der Waals surface area (Å²) in [5.41, 5.74) is 8.40. The van der Waals surface area contributed by atoms with Crippen molar-refractivity contribution in [2.45, 2.75) is 6.54 Å². The normalized spacial score (nSPS) is 10.2. The number of hydrogen-bond acceptors (Lipinski definition) is 4. The van der Waals surface area contributed by atoms with E-state index >= 15 is 0 Å². The first-order chi connectivity index (χ1) is 9.63.